The summed E-state index contributed by atoms with van der Waals surface area (Å²) in [5, 5.41) is 0. The number of para-hydroxylation sites is 1. The number of amides is 1. The van der Waals surface area contributed by atoms with Crippen molar-refractivity contribution in [1.29, 1.82) is 0 Å². The van der Waals surface area contributed by atoms with Crippen molar-refractivity contribution < 1.29 is 9.59 Å². The molecule has 0 unspecified atom stereocenters. The summed E-state index contributed by atoms with van der Waals surface area (Å²) in [6, 6.07) is 15.7. The number of carbonyl (C=O) groups is 2. The molecule has 1 fully saturated rings. The van der Waals surface area contributed by atoms with E-state index in [-0.39, 0.29) is 11.7 Å². The number of carbonyl (C=O) groups excluding carboxylic acids is 2. The van der Waals surface area contributed by atoms with Gasteiger partial charge in [0.1, 0.15) is 0 Å². The Kier molecular flexibility index (Phi) is 5.64. The maximum absolute atomic E-state index is 12.6. The van der Waals surface area contributed by atoms with Crippen LogP contribution in [0, 0.1) is 0 Å². The number of thiazole rings is 1. The van der Waals surface area contributed by atoms with Crippen molar-refractivity contribution in [3.05, 3.63) is 54.1 Å². The third-order valence-electron chi connectivity index (χ3n) is 4.86. The fourth-order valence-electron chi connectivity index (χ4n) is 3.25. The van der Waals surface area contributed by atoms with Crippen molar-refractivity contribution in [1.82, 2.24) is 9.88 Å². The number of piperazine rings is 1. The van der Waals surface area contributed by atoms with Crippen LogP contribution in [0.2, 0.25) is 0 Å². The largest absolute Gasteiger partial charge is 0.368 e. The molecule has 0 saturated carbocycles. The first kappa shape index (κ1) is 19.0. The average molecular weight is 412 g/mol. The van der Waals surface area contributed by atoms with Gasteiger partial charge in [0.15, 0.2) is 10.1 Å². The predicted octanol–water partition coefficient (Wildman–Crippen LogP) is 3.94. The van der Waals surface area contributed by atoms with Crippen LogP contribution in [0.4, 0.5) is 5.69 Å². The van der Waals surface area contributed by atoms with Crippen LogP contribution in [-0.4, -0.2) is 53.5 Å². The maximum atomic E-state index is 12.6. The lowest BCUT2D eigenvalue weighted by atomic mass is 10.1. The van der Waals surface area contributed by atoms with Gasteiger partial charge in [-0.25, -0.2) is 4.98 Å². The molecular weight excluding hydrogens is 390 g/mol. The number of anilines is 1. The van der Waals surface area contributed by atoms with E-state index in [0.29, 0.717) is 18.8 Å². The van der Waals surface area contributed by atoms with E-state index >= 15 is 0 Å². The fraction of sp³-hybridized carbons (Fsp3) is 0.286. The van der Waals surface area contributed by atoms with Crippen LogP contribution in [0.1, 0.15) is 17.3 Å². The first-order chi connectivity index (χ1) is 13.6. The molecule has 0 spiro atoms. The molecule has 1 saturated heterocycles. The Labute approximate surface area is 172 Å². The zero-order valence-electron chi connectivity index (χ0n) is 15.6. The van der Waals surface area contributed by atoms with Crippen molar-refractivity contribution in [3.63, 3.8) is 0 Å². The van der Waals surface area contributed by atoms with E-state index in [1.807, 2.05) is 47.4 Å². The Balaban J connectivity index is 1.29. The van der Waals surface area contributed by atoms with Gasteiger partial charge in [-0.05, 0) is 43.3 Å². The van der Waals surface area contributed by atoms with Gasteiger partial charge >= 0.3 is 0 Å². The third-order valence-corrected chi connectivity index (χ3v) is 7.03. The summed E-state index contributed by atoms with van der Waals surface area (Å²) < 4.78 is 2.10. The summed E-state index contributed by atoms with van der Waals surface area (Å²) in [6.45, 7) is 4.61. The lowest BCUT2D eigenvalue weighted by molar-refractivity contribution is -0.128. The number of aromatic nitrogens is 1. The van der Waals surface area contributed by atoms with Crippen LogP contribution >= 0.6 is 23.1 Å². The monoisotopic (exact) mass is 411 g/mol. The average Bonchev–Trinajstić information content (AvgIpc) is 3.15. The van der Waals surface area contributed by atoms with E-state index < -0.39 is 0 Å². The van der Waals surface area contributed by atoms with Crippen molar-refractivity contribution in [2.75, 3.05) is 36.8 Å². The van der Waals surface area contributed by atoms with Crippen molar-refractivity contribution >= 4 is 50.7 Å². The fourth-order valence-corrected chi connectivity index (χ4v) is 5.22. The molecule has 0 radical (unpaired) electrons. The maximum Gasteiger partial charge on any atom is 0.233 e. The molecule has 0 atom stereocenters. The molecule has 1 aliphatic rings. The zero-order chi connectivity index (χ0) is 19.5. The summed E-state index contributed by atoms with van der Waals surface area (Å²) in [6.07, 6.45) is 0. The highest BCUT2D eigenvalue weighted by Gasteiger charge is 2.21. The molecule has 2 aromatic carbocycles. The second-order valence-electron chi connectivity index (χ2n) is 6.71. The van der Waals surface area contributed by atoms with Gasteiger partial charge in [0, 0.05) is 37.4 Å². The van der Waals surface area contributed by atoms with E-state index in [1.165, 1.54) is 11.8 Å². The molecule has 1 aromatic heterocycles. The molecule has 5 nitrogen and oxygen atoms in total. The molecule has 3 aromatic rings. The number of benzene rings is 2. The molecule has 1 aliphatic heterocycles. The van der Waals surface area contributed by atoms with Gasteiger partial charge in [-0.3, -0.25) is 9.59 Å². The van der Waals surface area contributed by atoms with Crippen molar-refractivity contribution in [2.24, 2.45) is 0 Å². The highest BCUT2D eigenvalue weighted by Crippen LogP contribution is 2.29. The van der Waals surface area contributed by atoms with Crippen LogP contribution in [-0.2, 0) is 4.79 Å². The predicted molar refractivity (Wildman–Crippen MR) is 116 cm³/mol. The molecule has 2 heterocycles. The summed E-state index contributed by atoms with van der Waals surface area (Å²) in [5.74, 6) is 0.663. The first-order valence-electron chi connectivity index (χ1n) is 9.22. The van der Waals surface area contributed by atoms with Gasteiger partial charge in [0.2, 0.25) is 5.91 Å². The zero-order valence-corrected chi connectivity index (χ0v) is 17.3. The number of hydrogen-bond donors (Lipinski definition) is 0. The minimum absolute atomic E-state index is 0.0765. The van der Waals surface area contributed by atoms with Gasteiger partial charge in [-0.15, -0.1) is 11.3 Å². The van der Waals surface area contributed by atoms with Gasteiger partial charge < -0.3 is 9.80 Å². The molecule has 0 N–H and O–H groups in total. The second-order valence-corrected chi connectivity index (χ2v) is 8.96. The van der Waals surface area contributed by atoms with Crippen LogP contribution in [0.15, 0.2) is 52.9 Å². The Morgan fingerprint density at radius 2 is 1.75 bits per heavy atom. The van der Waals surface area contributed by atoms with Crippen molar-refractivity contribution in [2.45, 2.75) is 11.3 Å². The lowest BCUT2D eigenvalue weighted by Gasteiger charge is -2.36. The standard InChI is InChI=1S/C21H21N3O2S2/c1-15(25)16-6-8-17(9-7-16)23-10-12-24(13-11-23)20(26)14-27-21-22-18-4-2-3-5-19(18)28-21/h2-9H,10-14H2,1H3. The number of thioether (sulfide) groups is 1. The molecule has 1 amide bonds. The summed E-state index contributed by atoms with van der Waals surface area (Å²) >= 11 is 3.16. The summed E-state index contributed by atoms with van der Waals surface area (Å²) in [4.78, 5) is 32.7. The van der Waals surface area contributed by atoms with E-state index in [9.17, 15) is 9.59 Å². The number of ketones is 1. The minimum atomic E-state index is 0.0765. The van der Waals surface area contributed by atoms with Crippen LogP contribution in [0.3, 0.4) is 0 Å². The molecule has 0 aliphatic carbocycles. The molecule has 28 heavy (non-hydrogen) atoms. The van der Waals surface area contributed by atoms with Gasteiger partial charge in [0.05, 0.1) is 16.0 Å². The quantitative estimate of drug-likeness (QED) is 0.470. The first-order valence-corrected chi connectivity index (χ1v) is 11.0. The summed E-state index contributed by atoms with van der Waals surface area (Å²) in [7, 11) is 0. The Hall–Kier alpha value is -2.38. The molecule has 0 bridgehead atoms. The van der Waals surface area contributed by atoms with Gasteiger partial charge in [-0.1, -0.05) is 23.9 Å². The smallest absolute Gasteiger partial charge is 0.233 e. The SMILES string of the molecule is CC(=O)c1ccc(N2CCN(C(=O)CSc3nc4ccccc4s3)CC2)cc1. The Morgan fingerprint density at radius 1 is 1.04 bits per heavy atom. The number of fused-ring (bicyclic) bond motifs is 1. The van der Waals surface area contributed by atoms with E-state index in [0.717, 1.165) is 38.9 Å². The van der Waals surface area contributed by atoms with Gasteiger partial charge in [-0.2, -0.15) is 0 Å². The third kappa shape index (κ3) is 4.20. The topological polar surface area (TPSA) is 53.5 Å². The Morgan fingerprint density at radius 3 is 2.43 bits per heavy atom. The highest BCUT2D eigenvalue weighted by molar-refractivity contribution is 8.01. The van der Waals surface area contributed by atoms with Crippen molar-refractivity contribution in [3.8, 4) is 0 Å². The van der Waals surface area contributed by atoms with E-state index in [1.54, 1.807) is 18.3 Å². The van der Waals surface area contributed by atoms with Gasteiger partial charge in [0.25, 0.3) is 0 Å². The molecule has 7 heteroatoms. The number of hydrogen-bond acceptors (Lipinski definition) is 6. The van der Waals surface area contributed by atoms with Crippen LogP contribution in [0.5, 0.6) is 0 Å². The van der Waals surface area contributed by atoms with Crippen LogP contribution < -0.4 is 4.90 Å². The molecule has 4 rings (SSSR count). The Bertz CT molecular complexity index is 959. The number of nitrogens with zero attached hydrogens (tertiary/aromatic N) is 3. The molecule has 144 valence electrons. The molecular formula is C21H21N3O2S2. The minimum Gasteiger partial charge on any atom is -0.368 e. The lowest BCUT2D eigenvalue weighted by Crippen LogP contribution is -2.49. The summed E-state index contributed by atoms with van der Waals surface area (Å²) in [5.41, 5.74) is 2.82. The highest BCUT2D eigenvalue weighted by atomic mass is 32.2. The normalized spacial score (nSPS) is 14.5. The van der Waals surface area contributed by atoms with E-state index in [4.69, 9.17) is 0 Å². The van der Waals surface area contributed by atoms with E-state index in [2.05, 4.69) is 16.0 Å². The second kappa shape index (κ2) is 8.32. The van der Waals surface area contributed by atoms with Crippen LogP contribution in [0.25, 0.3) is 10.2 Å². The number of Topliss-reactive ketones (excluding diaryl/α,β-unsaturated/α-hetero) is 1. The number of rotatable bonds is 5.